The Labute approximate surface area is 96.8 Å². The molecule has 1 fully saturated rings. The zero-order chi connectivity index (χ0) is 9.97. The maximum atomic E-state index is 13.0. The number of rotatable bonds is 2. The molecular formula is C11H12FIO. The van der Waals surface area contributed by atoms with Crippen LogP contribution < -0.4 is 0 Å². The lowest BCUT2D eigenvalue weighted by Crippen LogP contribution is -2.05. The van der Waals surface area contributed by atoms with E-state index < -0.39 is 0 Å². The second kappa shape index (κ2) is 4.57. The highest BCUT2D eigenvalue weighted by Gasteiger charge is 2.25. The van der Waals surface area contributed by atoms with E-state index in [1.807, 2.05) is 6.07 Å². The van der Waals surface area contributed by atoms with Crippen LogP contribution in [-0.4, -0.2) is 17.1 Å². The van der Waals surface area contributed by atoms with Crippen LogP contribution in [0.5, 0.6) is 0 Å². The molecule has 0 aromatic heterocycles. The van der Waals surface area contributed by atoms with Crippen LogP contribution in [0.25, 0.3) is 0 Å². The van der Waals surface area contributed by atoms with Crippen molar-refractivity contribution < 1.29 is 9.13 Å². The van der Waals surface area contributed by atoms with Crippen molar-refractivity contribution in [1.82, 2.24) is 0 Å². The summed E-state index contributed by atoms with van der Waals surface area (Å²) in [6.07, 6.45) is 1.37. The predicted octanol–water partition coefficient (Wildman–Crippen LogP) is 3.13. The number of hydrogen-bond acceptors (Lipinski definition) is 1. The van der Waals surface area contributed by atoms with E-state index in [-0.39, 0.29) is 5.82 Å². The Hall–Kier alpha value is -0.160. The van der Waals surface area contributed by atoms with Gasteiger partial charge < -0.3 is 4.74 Å². The Morgan fingerprint density at radius 3 is 3.00 bits per heavy atom. The van der Waals surface area contributed by atoms with E-state index >= 15 is 0 Å². The van der Waals surface area contributed by atoms with Gasteiger partial charge in [-0.3, -0.25) is 0 Å². The van der Waals surface area contributed by atoms with E-state index in [0.717, 1.165) is 23.0 Å². The molecule has 1 aromatic rings. The maximum Gasteiger partial charge on any atom is 0.123 e. The highest BCUT2D eigenvalue weighted by atomic mass is 127. The first-order valence-corrected chi connectivity index (χ1v) is 6.25. The van der Waals surface area contributed by atoms with Crippen LogP contribution in [0.4, 0.5) is 4.39 Å². The molecular weight excluding hydrogens is 294 g/mol. The number of alkyl halides is 1. The Bertz CT molecular complexity index is 316. The minimum absolute atomic E-state index is 0.152. The fourth-order valence-corrected chi connectivity index (χ4v) is 2.42. The summed E-state index contributed by atoms with van der Waals surface area (Å²) in [6, 6.07) is 6.84. The first kappa shape index (κ1) is 10.4. The van der Waals surface area contributed by atoms with E-state index in [0.29, 0.717) is 12.0 Å². The summed E-state index contributed by atoms with van der Waals surface area (Å²) in [5.74, 6) is 0.228. The third-order valence-electron chi connectivity index (χ3n) is 2.57. The van der Waals surface area contributed by atoms with Crippen LogP contribution in [0, 0.1) is 5.82 Å². The molecule has 2 rings (SSSR count). The lowest BCUT2D eigenvalue weighted by Gasteiger charge is -2.07. The van der Waals surface area contributed by atoms with Gasteiger partial charge in [0.05, 0.1) is 12.7 Å². The minimum Gasteiger partial charge on any atom is -0.377 e. The highest BCUT2D eigenvalue weighted by molar-refractivity contribution is 14.1. The molecule has 2 atom stereocenters. The molecule has 1 heterocycles. The molecule has 1 aliphatic heterocycles. The molecule has 1 aliphatic rings. The molecule has 0 amide bonds. The van der Waals surface area contributed by atoms with Gasteiger partial charge in [-0.1, -0.05) is 34.7 Å². The van der Waals surface area contributed by atoms with Crippen molar-refractivity contribution in [2.45, 2.75) is 18.4 Å². The summed E-state index contributed by atoms with van der Waals surface area (Å²) >= 11 is 2.33. The monoisotopic (exact) mass is 306 g/mol. The molecule has 76 valence electrons. The third-order valence-corrected chi connectivity index (χ3v) is 3.56. The van der Waals surface area contributed by atoms with Crippen LogP contribution in [-0.2, 0) is 4.74 Å². The summed E-state index contributed by atoms with van der Waals surface area (Å²) in [5.41, 5.74) is 1.07. The second-order valence-electron chi connectivity index (χ2n) is 3.60. The molecule has 3 heteroatoms. The molecule has 0 N–H and O–H groups in total. The normalized spacial score (nSPS) is 26.7. The van der Waals surface area contributed by atoms with Gasteiger partial charge in [-0.05, 0) is 24.1 Å². The van der Waals surface area contributed by atoms with Gasteiger partial charge in [0.2, 0.25) is 0 Å². The Kier molecular flexibility index (Phi) is 3.38. The van der Waals surface area contributed by atoms with E-state index in [1.54, 1.807) is 12.1 Å². The SMILES string of the molecule is Fc1cccc(C2COC(CI)C2)c1. The molecule has 0 bridgehead atoms. The molecule has 0 aliphatic carbocycles. The summed E-state index contributed by atoms with van der Waals surface area (Å²) in [4.78, 5) is 0. The average Bonchev–Trinajstić information content (AvgIpc) is 2.66. The van der Waals surface area contributed by atoms with Crippen LogP contribution in [0.1, 0.15) is 17.9 Å². The number of halogens is 2. The summed E-state index contributed by atoms with van der Waals surface area (Å²) in [7, 11) is 0. The van der Waals surface area contributed by atoms with E-state index in [2.05, 4.69) is 22.6 Å². The number of benzene rings is 1. The zero-order valence-electron chi connectivity index (χ0n) is 7.75. The van der Waals surface area contributed by atoms with Gasteiger partial charge in [0.1, 0.15) is 5.82 Å². The first-order valence-electron chi connectivity index (χ1n) is 4.72. The summed E-state index contributed by atoms with van der Waals surface area (Å²) < 4.78 is 19.6. The van der Waals surface area contributed by atoms with Crippen molar-refractivity contribution in [3.8, 4) is 0 Å². The highest BCUT2D eigenvalue weighted by Crippen LogP contribution is 2.30. The van der Waals surface area contributed by atoms with Crippen molar-refractivity contribution in [1.29, 1.82) is 0 Å². The van der Waals surface area contributed by atoms with E-state index in [4.69, 9.17) is 4.74 Å². The molecule has 0 spiro atoms. The van der Waals surface area contributed by atoms with Gasteiger partial charge in [-0.25, -0.2) is 4.39 Å². The van der Waals surface area contributed by atoms with Crippen LogP contribution in [0.3, 0.4) is 0 Å². The average molecular weight is 306 g/mol. The van der Waals surface area contributed by atoms with Gasteiger partial charge in [-0.15, -0.1) is 0 Å². The molecule has 1 saturated heterocycles. The Morgan fingerprint density at radius 1 is 1.50 bits per heavy atom. The van der Waals surface area contributed by atoms with Crippen molar-refractivity contribution in [3.05, 3.63) is 35.6 Å². The van der Waals surface area contributed by atoms with Crippen LogP contribution in [0.2, 0.25) is 0 Å². The molecule has 14 heavy (non-hydrogen) atoms. The lowest BCUT2D eigenvalue weighted by molar-refractivity contribution is 0.129. The lowest BCUT2D eigenvalue weighted by atomic mass is 9.97. The molecule has 0 radical (unpaired) electrons. The fraction of sp³-hybridized carbons (Fsp3) is 0.455. The maximum absolute atomic E-state index is 13.0. The molecule has 0 saturated carbocycles. The van der Waals surface area contributed by atoms with Crippen molar-refractivity contribution in [3.63, 3.8) is 0 Å². The topological polar surface area (TPSA) is 9.23 Å². The predicted molar refractivity (Wildman–Crippen MR) is 62.4 cm³/mol. The largest absolute Gasteiger partial charge is 0.377 e. The Balaban J connectivity index is 2.09. The standard InChI is InChI=1S/C11H12FIO/c12-10-3-1-2-8(4-10)9-5-11(6-13)14-7-9/h1-4,9,11H,5-7H2. The Morgan fingerprint density at radius 2 is 2.36 bits per heavy atom. The van der Waals surface area contributed by atoms with Crippen LogP contribution in [0.15, 0.2) is 24.3 Å². The van der Waals surface area contributed by atoms with Gasteiger partial charge >= 0.3 is 0 Å². The second-order valence-corrected chi connectivity index (χ2v) is 4.48. The molecule has 1 aromatic carbocycles. The van der Waals surface area contributed by atoms with Gasteiger partial charge in [0.15, 0.2) is 0 Å². The fourth-order valence-electron chi connectivity index (χ4n) is 1.81. The summed E-state index contributed by atoms with van der Waals surface area (Å²) in [5, 5.41) is 0. The number of ether oxygens (including phenoxy) is 1. The van der Waals surface area contributed by atoms with Crippen molar-refractivity contribution in [2.24, 2.45) is 0 Å². The number of hydrogen-bond donors (Lipinski definition) is 0. The third kappa shape index (κ3) is 2.25. The van der Waals surface area contributed by atoms with E-state index in [9.17, 15) is 4.39 Å². The van der Waals surface area contributed by atoms with Crippen LogP contribution >= 0.6 is 22.6 Å². The molecule has 2 unspecified atom stereocenters. The van der Waals surface area contributed by atoms with E-state index in [1.165, 1.54) is 6.07 Å². The quantitative estimate of drug-likeness (QED) is 0.602. The van der Waals surface area contributed by atoms with Crippen molar-refractivity contribution >= 4 is 22.6 Å². The first-order chi connectivity index (χ1) is 6.79. The molecule has 1 nitrogen and oxygen atoms in total. The van der Waals surface area contributed by atoms with Gasteiger partial charge in [0.25, 0.3) is 0 Å². The van der Waals surface area contributed by atoms with Crippen molar-refractivity contribution in [2.75, 3.05) is 11.0 Å². The summed E-state index contributed by atoms with van der Waals surface area (Å²) in [6.45, 7) is 0.733. The smallest absolute Gasteiger partial charge is 0.123 e. The minimum atomic E-state index is -0.152. The van der Waals surface area contributed by atoms with Gasteiger partial charge in [0, 0.05) is 10.3 Å². The zero-order valence-corrected chi connectivity index (χ0v) is 9.91. The van der Waals surface area contributed by atoms with Gasteiger partial charge in [-0.2, -0.15) is 0 Å².